The summed E-state index contributed by atoms with van der Waals surface area (Å²) < 4.78 is 0. The summed E-state index contributed by atoms with van der Waals surface area (Å²) in [5.41, 5.74) is 0. The van der Waals surface area contributed by atoms with E-state index in [9.17, 15) is 4.79 Å². The van der Waals surface area contributed by atoms with Gasteiger partial charge in [-0.15, -0.1) is 12.3 Å². The van der Waals surface area contributed by atoms with Crippen LogP contribution < -0.4 is 10.6 Å². The predicted molar refractivity (Wildman–Crippen MR) is 56.7 cm³/mol. The number of carbonyl (C=O) groups is 1. The lowest BCUT2D eigenvalue weighted by Crippen LogP contribution is -2.29. The first-order valence-electron chi connectivity index (χ1n) is 5.26. The summed E-state index contributed by atoms with van der Waals surface area (Å²) in [6, 6.07) is 0.476. The van der Waals surface area contributed by atoms with Crippen LogP contribution in [0.1, 0.15) is 32.1 Å². The molecule has 0 aromatic heterocycles. The van der Waals surface area contributed by atoms with Crippen LogP contribution in [0.4, 0.5) is 0 Å². The van der Waals surface area contributed by atoms with E-state index >= 15 is 0 Å². The molecule has 0 bridgehead atoms. The summed E-state index contributed by atoms with van der Waals surface area (Å²) in [6.07, 6.45) is 9.79. The fraction of sp³-hybridized carbons (Fsp3) is 0.727. The van der Waals surface area contributed by atoms with Gasteiger partial charge in [0, 0.05) is 25.4 Å². The highest BCUT2D eigenvalue weighted by Crippen LogP contribution is 2.18. The van der Waals surface area contributed by atoms with Crippen LogP contribution in [0.3, 0.4) is 0 Å². The lowest BCUT2D eigenvalue weighted by molar-refractivity contribution is -0.121. The molecule has 3 nitrogen and oxygen atoms in total. The van der Waals surface area contributed by atoms with Gasteiger partial charge in [-0.25, -0.2) is 0 Å². The molecule has 1 aliphatic rings. The van der Waals surface area contributed by atoms with E-state index in [1.165, 1.54) is 0 Å². The van der Waals surface area contributed by atoms with Crippen LogP contribution in [0.2, 0.25) is 0 Å². The third-order valence-corrected chi connectivity index (χ3v) is 2.15. The fourth-order valence-electron chi connectivity index (χ4n) is 1.17. The third kappa shape index (κ3) is 5.60. The van der Waals surface area contributed by atoms with Crippen LogP contribution >= 0.6 is 0 Å². The maximum Gasteiger partial charge on any atom is 0.221 e. The van der Waals surface area contributed by atoms with Gasteiger partial charge in [0.2, 0.25) is 5.91 Å². The summed E-state index contributed by atoms with van der Waals surface area (Å²) in [5.74, 6) is 2.75. The first kappa shape index (κ1) is 11.1. The smallest absolute Gasteiger partial charge is 0.221 e. The molecule has 0 aromatic carbocycles. The van der Waals surface area contributed by atoms with Crippen LogP contribution in [0.15, 0.2) is 0 Å². The Hall–Kier alpha value is -1.01. The zero-order valence-electron chi connectivity index (χ0n) is 8.51. The molecule has 14 heavy (non-hydrogen) atoms. The zero-order valence-corrected chi connectivity index (χ0v) is 8.51. The lowest BCUT2D eigenvalue weighted by Gasteiger charge is -2.04. The van der Waals surface area contributed by atoms with Crippen LogP contribution in [0, 0.1) is 12.3 Å². The molecule has 0 spiro atoms. The molecule has 0 unspecified atom stereocenters. The SMILES string of the molecule is C#CCCCNCCC(=O)NC1CC1. The molecule has 0 atom stereocenters. The Morgan fingerprint density at radius 1 is 1.43 bits per heavy atom. The number of hydrogen-bond acceptors (Lipinski definition) is 2. The monoisotopic (exact) mass is 194 g/mol. The molecule has 0 aliphatic heterocycles. The van der Waals surface area contributed by atoms with Gasteiger partial charge in [-0.05, 0) is 25.8 Å². The van der Waals surface area contributed by atoms with Crippen molar-refractivity contribution in [2.24, 2.45) is 0 Å². The van der Waals surface area contributed by atoms with Gasteiger partial charge in [-0.2, -0.15) is 0 Å². The fourth-order valence-corrected chi connectivity index (χ4v) is 1.17. The quantitative estimate of drug-likeness (QED) is 0.462. The van der Waals surface area contributed by atoms with E-state index < -0.39 is 0 Å². The third-order valence-electron chi connectivity index (χ3n) is 2.15. The van der Waals surface area contributed by atoms with Gasteiger partial charge in [0.1, 0.15) is 0 Å². The molecule has 1 saturated carbocycles. The van der Waals surface area contributed by atoms with Gasteiger partial charge in [-0.3, -0.25) is 4.79 Å². The Labute approximate surface area is 85.6 Å². The van der Waals surface area contributed by atoms with Crippen LogP contribution in [-0.2, 0) is 4.79 Å². The van der Waals surface area contributed by atoms with Gasteiger partial charge in [0.05, 0.1) is 0 Å². The van der Waals surface area contributed by atoms with Crippen LogP contribution in [-0.4, -0.2) is 25.0 Å². The number of hydrogen-bond donors (Lipinski definition) is 2. The molecule has 1 aliphatic carbocycles. The summed E-state index contributed by atoms with van der Waals surface area (Å²) in [7, 11) is 0. The number of amides is 1. The summed E-state index contributed by atoms with van der Waals surface area (Å²) in [4.78, 5) is 11.2. The van der Waals surface area contributed by atoms with Crippen LogP contribution in [0.5, 0.6) is 0 Å². The molecule has 0 aromatic rings. The van der Waals surface area contributed by atoms with Gasteiger partial charge in [0.15, 0.2) is 0 Å². The number of rotatable bonds is 7. The van der Waals surface area contributed by atoms with E-state index in [1.807, 2.05) is 0 Å². The van der Waals surface area contributed by atoms with Crippen molar-refractivity contribution in [1.29, 1.82) is 0 Å². The molecule has 0 radical (unpaired) electrons. The molecule has 1 fully saturated rings. The van der Waals surface area contributed by atoms with E-state index in [2.05, 4.69) is 16.6 Å². The first-order chi connectivity index (χ1) is 6.83. The first-order valence-corrected chi connectivity index (χ1v) is 5.26. The van der Waals surface area contributed by atoms with Crippen molar-refractivity contribution in [3.63, 3.8) is 0 Å². The van der Waals surface area contributed by atoms with E-state index in [0.717, 1.165) is 38.8 Å². The number of nitrogens with one attached hydrogen (secondary N) is 2. The second kappa shape index (κ2) is 6.44. The second-order valence-corrected chi connectivity index (χ2v) is 3.65. The van der Waals surface area contributed by atoms with E-state index in [4.69, 9.17) is 6.42 Å². The lowest BCUT2D eigenvalue weighted by atomic mass is 10.3. The minimum absolute atomic E-state index is 0.164. The van der Waals surface area contributed by atoms with Crippen LogP contribution in [0.25, 0.3) is 0 Å². The Bertz CT molecular complexity index is 216. The van der Waals surface area contributed by atoms with Gasteiger partial charge >= 0.3 is 0 Å². The van der Waals surface area contributed by atoms with Crippen molar-refractivity contribution in [2.75, 3.05) is 13.1 Å². The zero-order chi connectivity index (χ0) is 10.2. The van der Waals surface area contributed by atoms with E-state index in [-0.39, 0.29) is 5.91 Å². The molecular formula is C11H18N2O. The Balaban J connectivity index is 1.82. The van der Waals surface area contributed by atoms with Crippen molar-refractivity contribution in [3.8, 4) is 12.3 Å². The molecule has 2 N–H and O–H groups in total. The highest BCUT2D eigenvalue weighted by atomic mass is 16.1. The Morgan fingerprint density at radius 2 is 2.21 bits per heavy atom. The highest BCUT2D eigenvalue weighted by Gasteiger charge is 2.22. The van der Waals surface area contributed by atoms with Gasteiger partial charge in [0.25, 0.3) is 0 Å². The maximum absolute atomic E-state index is 11.2. The number of carbonyl (C=O) groups excluding carboxylic acids is 1. The average molecular weight is 194 g/mol. The maximum atomic E-state index is 11.2. The van der Waals surface area contributed by atoms with Crippen molar-refractivity contribution >= 4 is 5.91 Å². The van der Waals surface area contributed by atoms with Crippen molar-refractivity contribution in [3.05, 3.63) is 0 Å². The minimum Gasteiger partial charge on any atom is -0.353 e. The largest absolute Gasteiger partial charge is 0.353 e. The molecule has 3 heteroatoms. The molecule has 0 heterocycles. The van der Waals surface area contributed by atoms with Gasteiger partial charge < -0.3 is 10.6 Å². The Kier molecular flexibility index (Phi) is 5.09. The van der Waals surface area contributed by atoms with Crippen molar-refractivity contribution in [2.45, 2.75) is 38.1 Å². The standard InChI is InChI=1S/C11H18N2O/c1-2-3-4-8-12-9-7-11(14)13-10-5-6-10/h1,10,12H,3-9H2,(H,13,14). The predicted octanol–water partition coefficient (Wildman–Crippen LogP) is 0.658. The minimum atomic E-state index is 0.164. The molecule has 1 amide bonds. The molecule has 1 rings (SSSR count). The topological polar surface area (TPSA) is 41.1 Å². The van der Waals surface area contributed by atoms with Crippen molar-refractivity contribution in [1.82, 2.24) is 10.6 Å². The van der Waals surface area contributed by atoms with E-state index in [1.54, 1.807) is 0 Å². The molecule has 0 saturated heterocycles. The number of terminal acetylenes is 1. The summed E-state index contributed by atoms with van der Waals surface area (Å²) >= 11 is 0. The Morgan fingerprint density at radius 3 is 2.86 bits per heavy atom. The van der Waals surface area contributed by atoms with E-state index in [0.29, 0.717) is 12.5 Å². The highest BCUT2D eigenvalue weighted by molar-refractivity contribution is 5.76. The average Bonchev–Trinajstić information content (AvgIpc) is 2.95. The number of unbranched alkanes of at least 4 members (excludes halogenated alkanes) is 1. The summed E-state index contributed by atoms with van der Waals surface area (Å²) in [6.45, 7) is 1.66. The van der Waals surface area contributed by atoms with Crippen molar-refractivity contribution < 1.29 is 4.79 Å². The van der Waals surface area contributed by atoms with Gasteiger partial charge in [-0.1, -0.05) is 0 Å². The second-order valence-electron chi connectivity index (χ2n) is 3.65. The molecule has 78 valence electrons. The molecular weight excluding hydrogens is 176 g/mol. The normalized spacial score (nSPS) is 14.8. The summed E-state index contributed by atoms with van der Waals surface area (Å²) in [5, 5.41) is 6.13.